The van der Waals surface area contributed by atoms with Crippen molar-refractivity contribution in [1.82, 2.24) is 14.7 Å². The lowest BCUT2D eigenvalue weighted by atomic mass is 10.0. The fraction of sp³-hybridized carbons (Fsp3) is 0.611. The molecule has 2 saturated heterocycles. The Morgan fingerprint density at radius 2 is 2.04 bits per heavy atom. The maximum atomic E-state index is 12.4. The molecule has 0 N–H and O–H groups in total. The van der Waals surface area contributed by atoms with E-state index in [0.717, 1.165) is 31.7 Å². The molecule has 1 aromatic carbocycles. The number of hydrogen-bond acceptors (Lipinski definition) is 4. The Kier molecular flexibility index (Phi) is 5.64. The summed E-state index contributed by atoms with van der Waals surface area (Å²) in [6.07, 6.45) is 2.35. The van der Waals surface area contributed by atoms with Gasteiger partial charge in [0.05, 0.1) is 19.6 Å². The SMILES string of the molecule is CN1CCC(N(C)CC(=O)N2CC(Oc3cccc(Cl)c3)C2)CC1. The number of likely N-dealkylation sites (tertiary alicyclic amines) is 2. The summed E-state index contributed by atoms with van der Waals surface area (Å²) in [6.45, 7) is 4.04. The van der Waals surface area contributed by atoms with Crippen molar-refractivity contribution < 1.29 is 9.53 Å². The van der Waals surface area contributed by atoms with E-state index in [0.29, 0.717) is 30.7 Å². The maximum Gasteiger partial charge on any atom is 0.237 e. The van der Waals surface area contributed by atoms with Gasteiger partial charge in [-0.05, 0) is 58.2 Å². The summed E-state index contributed by atoms with van der Waals surface area (Å²) < 4.78 is 5.85. The van der Waals surface area contributed by atoms with Crippen molar-refractivity contribution in [1.29, 1.82) is 0 Å². The second-order valence-electron chi connectivity index (χ2n) is 6.95. The highest BCUT2D eigenvalue weighted by Crippen LogP contribution is 2.22. The molecule has 1 amide bonds. The van der Waals surface area contributed by atoms with E-state index < -0.39 is 0 Å². The number of carbonyl (C=O) groups is 1. The van der Waals surface area contributed by atoms with Crippen molar-refractivity contribution in [3.8, 4) is 5.75 Å². The molecule has 5 nitrogen and oxygen atoms in total. The normalized spacial score (nSPS) is 20.2. The van der Waals surface area contributed by atoms with Crippen molar-refractivity contribution in [2.45, 2.75) is 25.0 Å². The minimum Gasteiger partial charge on any atom is -0.487 e. The molecule has 2 fully saturated rings. The molecular formula is C18H26ClN3O2. The maximum absolute atomic E-state index is 12.4. The van der Waals surface area contributed by atoms with E-state index >= 15 is 0 Å². The molecule has 2 aliphatic rings. The molecule has 24 heavy (non-hydrogen) atoms. The lowest BCUT2D eigenvalue weighted by molar-refractivity contribution is -0.141. The van der Waals surface area contributed by atoms with E-state index in [1.54, 1.807) is 6.07 Å². The van der Waals surface area contributed by atoms with Gasteiger partial charge in [-0.15, -0.1) is 0 Å². The van der Waals surface area contributed by atoms with E-state index in [1.807, 2.05) is 23.1 Å². The summed E-state index contributed by atoms with van der Waals surface area (Å²) in [6, 6.07) is 7.91. The monoisotopic (exact) mass is 351 g/mol. The van der Waals surface area contributed by atoms with Gasteiger partial charge in [0.1, 0.15) is 11.9 Å². The van der Waals surface area contributed by atoms with Crippen LogP contribution in [-0.2, 0) is 4.79 Å². The third-order valence-corrected chi connectivity index (χ3v) is 5.23. The molecule has 0 aromatic heterocycles. The molecule has 0 bridgehead atoms. The molecule has 2 aliphatic heterocycles. The number of halogens is 1. The first-order valence-electron chi connectivity index (χ1n) is 8.60. The van der Waals surface area contributed by atoms with E-state index in [9.17, 15) is 4.79 Å². The average Bonchev–Trinajstić information content (AvgIpc) is 2.51. The molecule has 0 spiro atoms. The molecule has 0 unspecified atom stereocenters. The standard InChI is InChI=1S/C18H26ClN3O2/c1-20-8-6-15(7-9-20)21(2)13-18(23)22-11-17(12-22)24-16-5-3-4-14(19)10-16/h3-5,10,15,17H,6-9,11-13H2,1-2H3. The quantitative estimate of drug-likeness (QED) is 0.812. The molecule has 6 heteroatoms. The molecule has 2 heterocycles. The summed E-state index contributed by atoms with van der Waals surface area (Å²) in [7, 11) is 4.22. The smallest absolute Gasteiger partial charge is 0.237 e. The molecule has 1 aromatic rings. The van der Waals surface area contributed by atoms with Crippen molar-refractivity contribution in [2.75, 3.05) is 46.8 Å². The number of hydrogen-bond donors (Lipinski definition) is 0. The molecule has 132 valence electrons. The average molecular weight is 352 g/mol. The molecule has 0 radical (unpaired) electrons. The number of carbonyl (C=O) groups excluding carboxylic acids is 1. The van der Waals surface area contributed by atoms with Gasteiger partial charge >= 0.3 is 0 Å². The van der Waals surface area contributed by atoms with Gasteiger partial charge in [-0.3, -0.25) is 9.69 Å². The van der Waals surface area contributed by atoms with Gasteiger partial charge in [-0.1, -0.05) is 17.7 Å². The first-order chi connectivity index (χ1) is 11.5. The Bertz CT molecular complexity index is 569. The van der Waals surface area contributed by atoms with Gasteiger partial charge < -0.3 is 14.5 Å². The highest BCUT2D eigenvalue weighted by atomic mass is 35.5. The van der Waals surface area contributed by atoms with Crippen LogP contribution in [-0.4, -0.2) is 79.6 Å². The zero-order chi connectivity index (χ0) is 17.1. The minimum atomic E-state index is 0.0704. The molecule has 3 rings (SSSR count). The fourth-order valence-electron chi connectivity index (χ4n) is 3.33. The van der Waals surface area contributed by atoms with Crippen LogP contribution in [0.15, 0.2) is 24.3 Å². The van der Waals surface area contributed by atoms with Crippen LogP contribution in [0.4, 0.5) is 0 Å². The fourth-order valence-corrected chi connectivity index (χ4v) is 3.51. The van der Waals surface area contributed by atoms with Crippen LogP contribution in [0.5, 0.6) is 5.75 Å². The predicted molar refractivity (Wildman–Crippen MR) is 95.6 cm³/mol. The third-order valence-electron chi connectivity index (χ3n) is 5.00. The lowest BCUT2D eigenvalue weighted by Crippen LogP contribution is -2.58. The van der Waals surface area contributed by atoms with E-state index in [4.69, 9.17) is 16.3 Å². The second-order valence-corrected chi connectivity index (χ2v) is 7.38. The molecular weight excluding hydrogens is 326 g/mol. The third kappa shape index (κ3) is 4.41. The number of ether oxygens (including phenoxy) is 1. The van der Waals surface area contributed by atoms with Crippen LogP contribution in [0, 0.1) is 0 Å². The topological polar surface area (TPSA) is 36.0 Å². The van der Waals surface area contributed by atoms with Gasteiger partial charge in [0, 0.05) is 11.1 Å². The zero-order valence-electron chi connectivity index (χ0n) is 14.4. The molecule has 0 aliphatic carbocycles. The summed E-state index contributed by atoms with van der Waals surface area (Å²) >= 11 is 5.96. The van der Waals surface area contributed by atoms with Crippen LogP contribution in [0.3, 0.4) is 0 Å². The van der Waals surface area contributed by atoms with Gasteiger partial charge in [0.2, 0.25) is 5.91 Å². The highest BCUT2D eigenvalue weighted by Gasteiger charge is 2.33. The Morgan fingerprint density at radius 1 is 1.33 bits per heavy atom. The highest BCUT2D eigenvalue weighted by molar-refractivity contribution is 6.30. The summed E-state index contributed by atoms with van der Waals surface area (Å²) in [5, 5.41) is 0.666. The van der Waals surface area contributed by atoms with Crippen LogP contribution >= 0.6 is 11.6 Å². The Labute approximate surface area is 149 Å². The van der Waals surface area contributed by atoms with E-state index in [-0.39, 0.29) is 12.0 Å². The van der Waals surface area contributed by atoms with Gasteiger partial charge in [0.15, 0.2) is 0 Å². The summed E-state index contributed by atoms with van der Waals surface area (Å²) in [5.41, 5.74) is 0. The van der Waals surface area contributed by atoms with Crippen molar-refractivity contribution in [2.24, 2.45) is 0 Å². The minimum absolute atomic E-state index is 0.0704. The van der Waals surface area contributed by atoms with Crippen molar-refractivity contribution in [3.63, 3.8) is 0 Å². The van der Waals surface area contributed by atoms with Gasteiger partial charge in [-0.2, -0.15) is 0 Å². The number of benzene rings is 1. The van der Waals surface area contributed by atoms with Crippen molar-refractivity contribution >= 4 is 17.5 Å². The Balaban J connectivity index is 1.40. The zero-order valence-corrected chi connectivity index (χ0v) is 15.2. The number of amides is 1. The van der Waals surface area contributed by atoms with Gasteiger partial charge in [-0.25, -0.2) is 0 Å². The van der Waals surface area contributed by atoms with Crippen LogP contribution in [0.1, 0.15) is 12.8 Å². The number of rotatable bonds is 5. The van der Waals surface area contributed by atoms with E-state index in [1.165, 1.54) is 0 Å². The van der Waals surface area contributed by atoms with Crippen LogP contribution in [0.2, 0.25) is 5.02 Å². The first kappa shape index (κ1) is 17.5. The van der Waals surface area contributed by atoms with Crippen LogP contribution < -0.4 is 4.74 Å². The molecule has 0 atom stereocenters. The number of piperidine rings is 1. The summed E-state index contributed by atoms with van der Waals surface area (Å²) in [4.78, 5) is 18.8. The predicted octanol–water partition coefficient (Wildman–Crippen LogP) is 1.96. The van der Waals surface area contributed by atoms with E-state index in [2.05, 4.69) is 23.9 Å². The first-order valence-corrected chi connectivity index (χ1v) is 8.98. The van der Waals surface area contributed by atoms with Crippen LogP contribution in [0.25, 0.3) is 0 Å². The lowest BCUT2D eigenvalue weighted by Gasteiger charge is -2.41. The number of likely N-dealkylation sites (N-methyl/N-ethyl adjacent to an activating group) is 1. The second kappa shape index (κ2) is 7.72. The summed E-state index contributed by atoms with van der Waals surface area (Å²) in [5.74, 6) is 0.963. The molecule has 0 saturated carbocycles. The Hall–Kier alpha value is -1.30. The van der Waals surface area contributed by atoms with Crippen molar-refractivity contribution in [3.05, 3.63) is 29.3 Å². The number of nitrogens with zero attached hydrogens (tertiary/aromatic N) is 3. The largest absolute Gasteiger partial charge is 0.487 e. The Morgan fingerprint density at radius 3 is 2.71 bits per heavy atom. The van der Waals surface area contributed by atoms with Gasteiger partial charge in [0.25, 0.3) is 0 Å².